The topological polar surface area (TPSA) is 44.4 Å². The van der Waals surface area contributed by atoms with Crippen molar-refractivity contribution >= 4 is 11.8 Å². The first-order valence-electron chi connectivity index (χ1n) is 9.41. The number of piperidine rings is 1. The van der Waals surface area contributed by atoms with E-state index in [-0.39, 0.29) is 5.60 Å². The standard InChI is InChI=1S/C18H30N4OS/c1-15-19-12-16(20-15)13-21-6-4-18(5-7-21)14-22(8-9-23-18)17-2-10-24-11-3-17/h12,17H,2-11,13-14H2,1H3,(H,19,20). The number of nitrogens with one attached hydrogen (secondary N) is 1. The van der Waals surface area contributed by atoms with E-state index < -0.39 is 0 Å². The molecular weight excluding hydrogens is 320 g/mol. The predicted molar refractivity (Wildman–Crippen MR) is 98.4 cm³/mol. The lowest BCUT2D eigenvalue weighted by Crippen LogP contribution is -2.59. The number of thioether (sulfide) groups is 1. The van der Waals surface area contributed by atoms with Gasteiger partial charge in [-0.3, -0.25) is 9.80 Å². The van der Waals surface area contributed by atoms with Gasteiger partial charge >= 0.3 is 0 Å². The molecule has 0 amide bonds. The Bertz CT molecular complexity index is 535. The van der Waals surface area contributed by atoms with E-state index in [9.17, 15) is 0 Å². The number of hydrogen-bond donors (Lipinski definition) is 1. The highest BCUT2D eigenvalue weighted by Gasteiger charge is 2.41. The van der Waals surface area contributed by atoms with Gasteiger partial charge in [-0.1, -0.05) is 0 Å². The number of H-pyrrole nitrogens is 1. The maximum atomic E-state index is 6.34. The van der Waals surface area contributed by atoms with Gasteiger partial charge in [0, 0.05) is 50.7 Å². The van der Waals surface area contributed by atoms with Gasteiger partial charge in [0.2, 0.25) is 0 Å². The number of rotatable bonds is 3. The quantitative estimate of drug-likeness (QED) is 0.906. The van der Waals surface area contributed by atoms with E-state index in [1.807, 2.05) is 13.1 Å². The molecule has 0 unspecified atom stereocenters. The zero-order valence-corrected chi connectivity index (χ0v) is 15.6. The number of imidazole rings is 1. The van der Waals surface area contributed by atoms with Crippen molar-refractivity contribution in [1.82, 2.24) is 19.8 Å². The number of nitrogens with zero attached hydrogens (tertiary/aromatic N) is 3. The summed E-state index contributed by atoms with van der Waals surface area (Å²) >= 11 is 2.12. The Kier molecular flexibility index (Phi) is 5.18. The van der Waals surface area contributed by atoms with Gasteiger partial charge in [0.25, 0.3) is 0 Å². The van der Waals surface area contributed by atoms with E-state index in [4.69, 9.17) is 4.74 Å². The Morgan fingerprint density at radius 2 is 2.08 bits per heavy atom. The molecule has 3 aliphatic rings. The van der Waals surface area contributed by atoms with Crippen LogP contribution in [0.15, 0.2) is 6.20 Å². The maximum absolute atomic E-state index is 6.34. The highest BCUT2D eigenvalue weighted by molar-refractivity contribution is 7.99. The van der Waals surface area contributed by atoms with E-state index >= 15 is 0 Å². The van der Waals surface area contributed by atoms with Crippen LogP contribution in [0.3, 0.4) is 0 Å². The third-order valence-corrected chi connectivity index (χ3v) is 6.95. The highest BCUT2D eigenvalue weighted by Crippen LogP contribution is 2.33. The van der Waals surface area contributed by atoms with Crippen LogP contribution in [0.25, 0.3) is 0 Å². The summed E-state index contributed by atoms with van der Waals surface area (Å²) in [6.45, 7) is 8.47. The molecule has 0 aliphatic carbocycles. The summed E-state index contributed by atoms with van der Waals surface area (Å²) in [7, 11) is 0. The van der Waals surface area contributed by atoms with E-state index in [1.54, 1.807) is 0 Å². The smallest absolute Gasteiger partial charge is 0.103 e. The van der Waals surface area contributed by atoms with Crippen LogP contribution in [0.2, 0.25) is 0 Å². The summed E-state index contributed by atoms with van der Waals surface area (Å²) in [6.07, 6.45) is 7.04. The fourth-order valence-corrected chi connectivity index (χ4v) is 5.53. The van der Waals surface area contributed by atoms with Crippen LogP contribution in [0.5, 0.6) is 0 Å². The van der Waals surface area contributed by atoms with Gasteiger partial charge in [-0.2, -0.15) is 11.8 Å². The molecular formula is C18H30N4OS. The molecule has 1 spiro atoms. The van der Waals surface area contributed by atoms with Crippen molar-refractivity contribution in [2.24, 2.45) is 0 Å². The monoisotopic (exact) mass is 350 g/mol. The summed E-state index contributed by atoms with van der Waals surface area (Å²) in [5.74, 6) is 3.69. The molecule has 4 rings (SSSR count). The van der Waals surface area contributed by atoms with Gasteiger partial charge in [0.1, 0.15) is 5.82 Å². The summed E-state index contributed by atoms with van der Waals surface area (Å²) in [5.41, 5.74) is 1.35. The molecule has 1 N–H and O–H groups in total. The minimum atomic E-state index is 0.114. The molecule has 1 aromatic rings. The molecule has 1 aromatic heterocycles. The zero-order chi connectivity index (χ0) is 16.4. The van der Waals surface area contributed by atoms with Crippen molar-refractivity contribution in [3.63, 3.8) is 0 Å². The van der Waals surface area contributed by atoms with Crippen LogP contribution in [-0.4, -0.2) is 75.7 Å². The average molecular weight is 351 g/mol. The largest absolute Gasteiger partial charge is 0.372 e. The molecule has 134 valence electrons. The molecule has 5 nitrogen and oxygen atoms in total. The lowest BCUT2D eigenvalue weighted by atomic mass is 9.88. The minimum Gasteiger partial charge on any atom is -0.372 e. The van der Waals surface area contributed by atoms with Crippen LogP contribution in [0.1, 0.15) is 37.2 Å². The minimum absolute atomic E-state index is 0.114. The molecule has 24 heavy (non-hydrogen) atoms. The predicted octanol–water partition coefficient (Wildman–Crippen LogP) is 2.28. The average Bonchev–Trinajstić information content (AvgIpc) is 3.03. The third-order valence-electron chi connectivity index (χ3n) is 5.90. The summed E-state index contributed by atoms with van der Waals surface area (Å²) in [5, 5.41) is 0. The fraction of sp³-hybridized carbons (Fsp3) is 0.833. The molecule has 3 saturated heterocycles. The first kappa shape index (κ1) is 16.9. The molecule has 3 aliphatic heterocycles. The van der Waals surface area contributed by atoms with Crippen LogP contribution in [0, 0.1) is 6.92 Å². The second-order valence-electron chi connectivity index (χ2n) is 7.62. The number of hydrogen-bond acceptors (Lipinski definition) is 5. The van der Waals surface area contributed by atoms with Gasteiger partial charge in [0.05, 0.1) is 12.2 Å². The number of ether oxygens (including phenoxy) is 1. The molecule has 0 saturated carbocycles. The summed E-state index contributed by atoms with van der Waals surface area (Å²) in [4.78, 5) is 12.9. The molecule has 0 radical (unpaired) electrons. The Balaban J connectivity index is 1.31. The van der Waals surface area contributed by atoms with Crippen LogP contribution >= 0.6 is 11.8 Å². The molecule has 4 heterocycles. The number of likely N-dealkylation sites (tertiary alicyclic amines) is 1. The van der Waals surface area contributed by atoms with Gasteiger partial charge < -0.3 is 9.72 Å². The van der Waals surface area contributed by atoms with Gasteiger partial charge in [0.15, 0.2) is 0 Å². The number of aromatic amines is 1. The van der Waals surface area contributed by atoms with Gasteiger partial charge in [-0.05, 0) is 44.1 Å². The van der Waals surface area contributed by atoms with Crippen LogP contribution < -0.4 is 0 Å². The molecule has 3 fully saturated rings. The van der Waals surface area contributed by atoms with E-state index in [1.165, 1.54) is 30.0 Å². The van der Waals surface area contributed by atoms with E-state index in [0.717, 1.165) is 64.0 Å². The first-order valence-corrected chi connectivity index (χ1v) is 10.6. The van der Waals surface area contributed by atoms with E-state index in [2.05, 4.69) is 31.5 Å². The lowest BCUT2D eigenvalue weighted by Gasteiger charge is -2.49. The Hall–Kier alpha value is -0.560. The fourth-order valence-electron chi connectivity index (χ4n) is 4.45. The Labute approximate surface area is 149 Å². The van der Waals surface area contributed by atoms with Crippen molar-refractivity contribution < 1.29 is 4.74 Å². The van der Waals surface area contributed by atoms with Gasteiger partial charge in [-0.15, -0.1) is 0 Å². The van der Waals surface area contributed by atoms with Crippen LogP contribution in [-0.2, 0) is 11.3 Å². The van der Waals surface area contributed by atoms with Crippen LogP contribution in [0.4, 0.5) is 0 Å². The second-order valence-corrected chi connectivity index (χ2v) is 8.84. The molecule has 0 atom stereocenters. The number of aromatic nitrogens is 2. The summed E-state index contributed by atoms with van der Waals surface area (Å²) < 4.78 is 6.34. The number of aryl methyl sites for hydroxylation is 1. The Morgan fingerprint density at radius 3 is 2.79 bits per heavy atom. The van der Waals surface area contributed by atoms with Crippen molar-refractivity contribution in [3.05, 3.63) is 17.7 Å². The second kappa shape index (κ2) is 7.36. The SMILES string of the molecule is Cc1ncc(CN2CCC3(CC2)CN(C2CCSCC2)CCO3)[nH]1. The molecule has 0 aromatic carbocycles. The number of morpholine rings is 1. The van der Waals surface area contributed by atoms with Crippen molar-refractivity contribution in [2.45, 2.75) is 50.8 Å². The third kappa shape index (κ3) is 3.82. The first-order chi connectivity index (χ1) is 11.7. The van der Waals surface area contributed by atoms with Gasteiger partial charge in [-0.25, -0.2) is 4.98 Å². The van der Waals surface area contributed by atoms with Crippen molar-refractivity contribution in [2.75, 3.05) is 44.3 Å². The van der Waals surface area contributed by atoms with Crippen molar-refractivity contribution in [1.29, 1.82) is 0 Å². The molecule has 0 bridgehead atoms. The molecule has 6 heteroatoms. The summed E-state index contributed by atoms with van der Waals surface area (Å²) in [6, 6.07) is 0.804. The zero-order valence-electron chi connectivity index (χ0n) is 14.8. The normalized spacial score (nSPS) is 26.9. The Morgan fingerprint density at radius 1 is 1.29 bits per heavy atom. The maximum Gasteiger partial charge on any atom is 0.103 e. The highest BCUT2D eigenvalue weighted by atomic mass is 32.2. The lowest BCUT2D eigenvalue weighted by molar-refractivity contribution is -0.144. The van der Waals surface area contributed by atoms with Crippen molar-refractivity contribution in [3.8, 4) is 0 Å². The van der Waals surface area contributed by atoms with E-state index in [0.29, 0.717) is 0 Å².